The second kappa shape index (κ2) is 6.18. The lowest BCUT2D eigenvalue weighted by Crippen LogP contribution is -2.30. The number of nitrogens with one attached hydrogen (secondary N) is 1. The van der Waals surface area contributed by atoms with Crippen molar-refractivity contribution < 1.29 is 13.9 Å². The fraction of sp³-hybridized carbons (Fsp3) is 0.278. The topological polar surface area (TPSA) is 38.3 Å². The molecule has 1 atom stereocenters. The van der Waals surface area contributed by atoms with Crippen molar-refractivity contribution >= 4 is 11.6 Å². The molecule has 0 saturated heterocycles. The Labute approximate surface area is 129 Å². The summed E-state index contributed by atoms with van der Waals surface area (Å²) >= 11 is 0. The average Bonchev–Trinajstić information content (AvgIpc) is 2.97. The number of carbonyl (C=O) groups is 1. The predicted molar refractivity (Wildman–Crippen MR) is 83.6 cm³/mol. The van der Waals surface area contributed by atoms with Crippen molar-refractivity contribution in [2.24, 2.45) is 0 Å². The number of benzene rings is 2. The second-order valence-corrected chi connectivity index (χ2v) is 5.54. The molecular formula is C18H18FNO2. The van der Waals surface area contributed by atoms with Crippen LogP contribution in [-0.4, -0.2) is 12.0 Å². The van der Waals surface area contributed by atoms with Gasteiger partial charge in [0.25, 0.3) is 5.91 Å². The zero-order valence-corrected chi connectivity index (χ0v) is 12.4. The van der Waals surface area contributed by atoms with E-state index in [9.17, 15) is 9.18 Å². The van der Waals surface area contributed by atoms with E-state index in [0.29, 0.717) is 5.75 Å². The highest BCUT2D eigenvalue weighted by Crippen LogP contribution is 2.25. The summed E-state index contributed by atoms with van der Waals surface area (Å²) in [5.74, 6) is -0.0807. The summed E-state index contributed by atoms with van der Waals surface area (Å²) in [4.78, 5) is 12.2. The van der Waals surface area contributed by atoms with Gasteiger partial charge in [-0.15, -0.1) is 0 Å². The molecule has 1 aliphatic rings. The number of carbonyl (C=O) groups excluding carboxylic acids is 1. The summed E-state index contributed by atoms with van der Waals surface area (Å²) in [5, 5.41) is 2.87. The molecule has 2 aromatic carbocycles. The molecule has 4 heteroatoms. The number of fused-ring (bicyclic) bond motifs is 1. The smallest absolute Gasteiger partial charge is 0.265 e. The number of aryl methyl sites for hydroxylation is 2. The second-order valence-electron chi connectivity index (χ2n) is 5.54. The van der Waals surface area contributed by atoms with E-state index in [1.165, 1.54) is 41.8 Å². The Morgan fingerprint density at radius 1 is 1.14 bits per heavy atom. The van der Waals surface area contributed by atoms with Gasteiger partial charge in [-0.2, -0.15) is 0 Å². The number of rotatable bonds is 4. The van der Waals surface area contributed by atoms with Crippen LogP contribution in [0.5, 0.6) is 5.75 Å². The summed E-state index contributed by atoms with van der Waals surface area (Å²) in [6, 6.07) is 11.7. The van der Waals surface area contributed by atoms with Gasteiger partial charge in [0.1, 0.15) is 11.6 Å². The third-order valence-corrected chi connectivity index (χ3v) is 3.86. The standard InChI is InChI=1S/C18H18FNO2/c1-12(22-17-9-6-15(19)7-10-17)18(21)20-16-8-5-13-3-2-4-14(13)11-16/h5-12H,2-4H2,1H3,(H,20,21)/t12-/m0/s1. The third-order valence-electron chi connectivity index (χ3n) is 3.86. The maximum absolute atomic E-state index is 12.8. The first kappa shape index (κ1) is 14.6. The molecule has 3 nitrogen and oxygen atoms in total. The first-order valence-corrected chi connectivity index (χ1v) is 7.47. The van der Waals surface area contributed by atoms with Crippen LogP contribution in [0, 0.1) is 5.82 Å². The number of hydrogen-bond donors (Lipinski definition) is 1. The van der Waals surface area contributed by atoms with Crippen LogP contribution in [0.3, 0.4) is 0 Å². The first-order valence-electron chi connectivity index (χ1n) is 7.47. The molecule has 3 rings (SSSR count). The van der Waals surface area contributed by atoms with Crippen LogP contribution in [0.15, 0.2) is 42.5 Å². The highest BCUT2D eigenvalue weighted by molar-refractivity contribution is 5.94. The van der Waals surface area contributed by atoms with E-state index in [-0.39, 0.29) is 11.7 Å². The molecule has 0 aromatic heterocycles. The summed E-state index contributed by atoms with van der Waals surface area (Å²) < 4.78 is 18.4. The van der Waals surface area contributed by atoms with Gasteiger partial charge in [-0.1, -0.05) is 6.07 Å². The Bertz CT molecular complexity index is 682. The van der Waals surface area contributed by atoms with Gasteiger partial charge in [-0.05, 0) is 73.7 Å². The van der Waals surface area contributed by atoms with Crippen LogP contribution < -0.4 is 10.1 Å². The van der Waals surface area contributed by atoms with Crippen molar-refractivity contribution in [3.05, 3.63) is 59.4 Å². The summed E-state index contributed by atoms with van der Waals surface area (Å²) in [6.45, 7) is 1.67. The Hall–Kier alpha value is -2.36. The lowest BCUT2D eigenvalue weighted by molar-refractivity contribution is -0.122. The normalized spacial score (nSPS) is 14.3. The van der Waals surface area contributed by atoms with E-state index in [0.717, 1.165) is 18.5 Å². The predicted octanol–water partition coefficient (Wildman–Crippen LogP) is 3.72. The highest BCUT2D eigenvalue weighted by Gasteiger charge is 2.16. The molecular weight excluding hydrogens is 281 g/mol. The SMILES string of the molecule is C[C@H](Oc1ccc(F)cc1)C(=O)Nc1ccc2c(c1)CCC2. The number of ether oxygens (including phenoxy) is 1. The van der Waals surface area contributed by atoms with Crippen molar-refractivity contribution in [3.63, 3.8) is 0 Å². The molecule has 0 saturated carbocycles. The highest BCUT2D eigenvalue weighted by atomic mass is 19.1. The Balaban J connectivity index is 1.62. The molecule has 0 spiro atoms. The van der Waals surface area contributed by atoms with Gasteiger partial charge in [0.05, 0.1) is 0 Å². The fourth-order valence-electron chi connectivity index (χ4n) is 2.66. The van der Waals surface area contributed by atoms with Crippen molar-refractivity contribution in [3.8, 4) is 5.75 Å². The summed E-state index contributed by atoms with van der Waals surface area (Å²) in [6.07, 6.45) is 2.71. The maximum Gasteiger partial charge on any atom is 0.265 e. The van der Waals surface area contributed by atoms with Crippen LogP contribution in [0.2, 0.25) is 0 Å². The number of anilines is 1. The van der Waals surface area contributed by atoms with E-state index in [4.69, 9.17) is 4.74 Å². The van der Waals surface area contributed by atoms with E-state index in [2.05, 4.69) is 11.4 Å². The number of hydrogen-bond acceptors (Lipinski definition) is 2. The van der Waals surface area contributed by atoms with Crippen LogP contribution in [-0.2, 0) is 17.6 Å². The molecule has 0 radical (unpaired) electrons. The molecule has 114 valence electrons. The minimum atomic E-state index is -0.654. The van der Waals surface area contributed by atoms with Gasteiger partial charge in [0, 0.05) is 5.69 Å². The molecule has 0 fully saturated rings. The van der Waals surface area contributed by atoms with E-state index >= 15 is 0 Å². The molecule has 0 heterocycles. The zero-order valence-electron chi connectivity index (χ0n) is 12.4. The molecule has 2 aromatic rings. The van der Waals surface area contributed by atoms with Crippen LogP contribution in [0.25, 0.3) is 0 Å². The Morgan fingerprint density at radius 3 is 2.64 bits per heavy atom. The summed E-state index contributed by atoms with van der Waals surface area (Å²) in [7, 11) is 0. The molecule has 0 unspecified atom stereocenters. The zero-order chi connectivity index (χ0) is 15.5. The molecule has 1 aliphatic carbocycles. The van der Waals surface area contributed by atoms with Gasteiger partial charge in [0.15, 0.2) is 6.10 Å². The van der Waals surface area contributed by atoms with E-state index in [1.54, 1.807) is 6.92 Å². The van der Waals surface area contributed by atoms with Crippen LogP contribution in [0.4, 0.5) is 10.1 Å². The lowest BCUT2D eigenvalue weighted by atomic mass is 10.1. The first-order chi connectivity index (χ1) is 10.6. The average molecular weight is 299 g/mol. The quantitative estimate of drug-likeness (QED) is 0.934. The molecule has 1 amide bonds. The van der Waals surface area contributed by atoms with Gasteiger partial charge in [-0.3, -0.25) is 4.79 Å². The van der Waals surface area contributed by atoms with Crippen LogP contribution >= 0.6 is 0 Å². The van der Waals surface area contributed by atoms with Crippen molar-refractivity contribution in [1.82, 2.24) is 0 Å². The number of amides is 1. The fourth-order valence-corrected chi connectivity index (χ4v) is 2.66. The van der Waals surface area contributed by atoms with E-state index in [1.807, 2.05) is 12.1 Å². The van der Waals surface area contributed by atoms with Gasteiger partial charge < -0.3 is 10.1 Å². The molecule has 22 heavy (non-hydrogen) atoms. The third kappa shape index (κ3) is 3.27. The summed E-state index contributed by atoms with van der Waals surface area (Å²) in [5.41, 5.74) is 3.47. The van der Waals surface area contributed by atoms with Gasteiger partial charge in [-0.25, -0.2) is 4.39 Å². The minimum Gasteiger partial charge on any atom is -0.481 e. The largest absolute Gasteiger partial charge is 0.481 e. The lowest BCUT2D eigenvalue weighted by Gasteiger charge is -2.15. The monoisotopic (exact) mass is 299 g/mol. The molecule has 0 bridgehead atoms. The molecule has 0 aliphatic heterocycles. The van der Waals surface area contributed by atoms with Gasteiger partial charge >= 0.3 is 0 Å². The van der Waals surface area contributed by atoms with Gasteiger partial charge in [0.2, 0.25) is 0 Å². The van der Waals surface area contributed by atoms with Crippen molar-refractivity contribution in [2.45, 2.75) is 32.3 Å². The van der Waals surface area contributed by atoms with E-state index < -0.39 is 6.10 Å². The van der Waals surface area contributed by atoms with Crippen molar-refractivity contribution in [2.75, 3.05) is 5.32 Å². The maximum atomic E-state index is 12.8. The Morgan fingerprint density at radius 2 is 1.86 bits per heavy atom. The minimum absolute atomic E-state index is 0.220. The van der Waals surface area contributed by atoms with Crippen molar-refractivity contribution in [1.29, 1.82) is 0 Å². The number of halogens is 1. The molecule has 1 N–H and O–H groups in total. The van der Waals surface area contributed by atoms with Crippen LogP contribution in [0.1, 0.15) is 24.5 Å². The Kier molecular flexibility index (Phi) is 4.09.